The van der Waals surface area contributed by atoms with Crippen LogP contribution in [0.4, 0.5) is 4.79 Å². The predicted octanol–water partition coefficient (Wildman–Crippen LogP) is 2.21. The van der Waals surface area contributed by atoms with E-state index in [-0.39, 0.29) is 43.2 Å². The van der Waals surface area contributed by atoms with Gasteiger partial charge in [-0.1, -0.05) is 48.5 Å². The Balaban J connectivity index is 1.12. The van der Waals surface area contributed by atoms with E-state index in [0.29, 0.717) is 13.0 Å². The quantitative estimate of drug-likeness (QED) is 0.621. The first-order valence-electron chi connectivity index (χ1n) is 11.2. The molecule has 3 unspecified atom stereocenters. The molecule has 4 atom stereocenters. The van der Waals surface area contributed by atoms with Gasteiger partial charge in [0.05, 0.1) is 6.10 Å². The highest BCUT2D eigenvalue weighted by atomic mass is 16.5. The summed E-state index contributed by atoms with van der Waals surface area (Å²) in [4.78, 5) is 37.6. The third-order valence-corrected chi connectivity index (χ3v) is 6.94. The number of rotatable bonds is 6. The van der Waals surface area contributed by atoms with Gasteiger partial charge in [-0.25, -0.2) is 9.59 Å². The largest absolute Gasteiger partial charge is 0.480 e. The van der Waals surface area contributed by atoms with Crippen molar-refractivity contribution in [2.24, 2.45) is 11.8 Å². The summed E-state index contributed by atoms with van der Waals surface area (Å²) in [6.45, 7) is 0.554. The molecule has 2 amide bonds. The van der Waals surface area contributed by atoms with E-state index in [4.69, 9.17) is 4.74 Å². The Labute approximate surface area is 191 Å². The number of amides is 2. The van der Waals surface area contributed by atoms with Crippen molar-refractivity contribution >= 4 is 18.0 Å². The van der Waals surface area contributed by atoms with E-state index in [2.05, 4.69) is 29.6 Å². The fourth-order valence-corrected chi connectivity index (χ4v) is 5.14. The second-order valence-electron chi connectivity index (χ2n) is 9.04. The SMILES string of the molecule is O=C(NCC1CC1C(=O)N1CC(O)C[C@H]1C(=O)O)OCC1c2ccccc2-c2ccccc21. The maximum Gasteiger partial charge on any atom is 0.407 e. The fourth-order valence-electron chi connectivity index (χ4n) is 5.14. The normalized spacial score (nSPS) is 25.3. The zero-order valence-electron chi connectivity index (χ0n) is 18.0. The molecule has 0 radical (unpaired) electrons. The van der Waals surface area contributed by atoms with Gasteiger partial charge >= 0.3 is 12.1 Å². The van der Waals surface area contributed by atoms with Crippen LogP contribution in [0.5, 0.6) is 0 Å². The molecule has 1 saturated heterocycles. The van der Waals surface area contributed by atoms with Crippen LogP contribution in [0.25, 0.3) is 11.1 Å². The van der Waals surface area contributed by atoms with Gasteiger partial charge in [0.15, 0.2) is 0 Å². The smallest absolute Gasteiger partial charge is 0.407 e. The molecule has 0 bridgehead atoms. The Morgan fingerprint density at radius 3 is 2.27 bits per heavy atom. The number of likely N-dealkylation sites (tertiary alicyclic amines) is 1. The number of ether oxygens (including phenoxy) is 1. The van der Waals surface area contributed by atoms with Crippen LogP contribution < -0.4 is 5.32 Å². The number of β-amino-alcohol motifs (C(OH)–C–C–N with tert-alkyl or cyclic N) is 1. The van der Waals surface area contributed by atoms with Gasteiger partial charge in [0, 0.05) is 31.3 Å². The Kier molecular flexibility index (Phi) is 5.54. The number of hydrogen-bond acceptors (Lipinski definition) is 5. The van der Waals surface area contributed by atoms with E-state index in [1.165, 1.54) is 4.90 Å². The van der Waals surface area contributed by atoms with E-state index >= 15 is 0 Å². The van der Waals surface area contributed by atoms with E-state index in [9.17, 15) is 24.6 Å². The molecule has 3 N–H and O–H groups in total. The summed E-state index contributed by atoms with van der Waals surface area (Å²) in [7, 11) is 0. The average molecular weight is 450 g/mol. The van der Waals surface area contributed by atoms with Gasteiger partial charge in [0.2, 0.25) is 5.91 Å². The number of carbonyl (C=O) groups is 3. The lowest BCUT2D eigenvalue weighted by molar-refractivity contribution is -0.148. The summed E-state index contributed by atoms with van der Waals surface area (Å²) in [5, 5.41) is 21.8. The molecule has 8 heteroatoms. The molecule has 1 saturated carbocycles. The second kappa shape index (κ2) is 8.51. The standard InChI is InChI=1S/C25H26N2O6/c28-15-10-22(24(30)31)27(12-15)23(29)20-9-14(20)11-26-25(32)33-13-21-18-7-3-1-5-16(18)17-6-2-4-8-19(17)21/h1-8,14-15,20-22,28H,9-13H2,(H,26,32)(H,30,31)/t14?,15?,20?,22-/m0/s1. The van der Waals surface area contributed by atoms with Gasteiger partial charge < -0.3 is 25.2 Å². The highest BCUT2D eigenvalue weighted by Crippen LogP contribution is 2.44. The van der Waals surface area contributed by atoms with Crippen LogP contribution in [0, 0.1) is 11.8 Å². The van der Waals surface area contributed by atoms with Crippen LogP contribution in [-0.2, 0) is 14.3 Å². The third kappa shape index (κ3) is 4.06. The molecular weight excluding hydrogens is 424 g/mol. The van der Waals surface area contributed by atoms with Gasteiger partial charge in [-0.15, -0.1) is 0 Å². The second-order valence-corrected chi connectivity index (χ2v) is 9.04. The molecule has 3 aliphatic rings. The number of aliphatic hydroxyl groups excluding tert-OH is 1. The molecule has 0 aromatic heterocycles. The van der Waals surface area contributed by atoms with Crippen molar-refractivity contribution in [1.29, 1.82) is 0 Å². The number of aliphatic carboxylic acids is 1. The number of aliphatic hydroxyl groups is 1. The molecular formula is C25H26N2O6. The van der Waals surface area contributed by atoms with Crippen LogP contribution in [0.3, 0.4) is 0 Å². The summed E-state index contributed by atoms with van der Waals surface area (Å²) in [5.74, 6) is -1.77. The van der Waals surface area contributed by atoms with Crippen LogP contribution in [0.15, 0.2) is 48.5 Å². The van der Waals surface area contributed by atoms with Gasteiger partial charge in [-0.05, 0) is 34.6 Å². The average Bonchev–Trinajstić information content (AvgIpc) is 3.38. The molecule has 8 nitrogen and oxygen atoms in total. The summed E-state index contributed by atoms with van der Waals surface area (Å²) in [6, 6.07) is 15.2. The van der Waals surface area contributed by atoms with Crippen molar-refractivity contribution in [2.75, 3.05) is 19.7 Å². The van der Waals surface area contributed by atoms with Crippen LogP contribution in [-0.4, -0.2) is 64.9 Å². The van der Waals surface area contributed by atoms with Crippen LogP contribution in [0.2, 0.25) is 0 Å². The maximum atomic E-state index is 12.7. The number of benzene rings is 2. The number of hydrogen-bond donors (Lipinski definition) is 3. The Morgan fingerprint density at radius 1 is 1.00 bits per heavy atom. The fraction of sp³-hybridized carbons (Fsp3) is 0.400. The summed E-state index contributed by atoms with van der Waals surface area (Å²) in [5.41, 5.74) is 4.60. The lowest BCUT2D eigenvalue weighted by Gasteiger charge is -2.21. The zero-order chi connectivity index (χ0) is 23.1. The van der Waals surface area contributed by atoms with Gasteiger partial charge in [0.25, 0.3) is 0 Å². The lowest BCUT2D eigenvalue weighted by atomic mass is 9.98. The summed E-state index contributed by atoms with van der Waals surface area (Å²) < 4.78 is 5.52. The van der Waals surface area contributed by atoms with Crippen molar-refractivity contribution < 1.29 is 29.3 Å². The van der Waals surface area contributed by atoms with Crippen molar-refractivity contribution in [3.8, 4) is 11.1 Å². The molecule has 2 aromatic carbocycles. The summed E-state index contributed by atoms with van der Waals surface area (Å²) >= 11 is 0. The Morgan fingerprint density at radius 2 is 1.64 bits per heavy atom. The van der Waals surface area contributed by atoms with Gasteiger partial charge in [-0.2, -0.15) is 0 Å². The minimum atomic E-state index is -1.10. The Hall–Kier alpha value is -3.39. The van der Waals surface area contributed by atoms with E-state index in [0.717, 1.165) is 22.3 Å². The molecule has 2 fully saturated rings. The molecule has 172 valence electrons. The molecule has 1 heterocycles. The van der Waals surface area contributed by atoms with Crippen molar-refractivity contribution in [3.63, 3.8) is 0 Å². The highest BCUT2D eigenvalue weighted by molar-refractivity contribution is 5.87. The molecule has 2 aromatic rings. The van der Waals surface area contributed by atoms with Crippen LogP contribution in [0.1, 0.15) is 29.9 Å². The molecule has 2 aliphatic carbocycles. The van der Waals surface area contributed by atoms with E-state index in [1.807, 2.05) is 24.3 Å². The minimum absolute atomic E-state index is 0.0204. The number of alkyl carbamates (subject to hydrolysis) is 1. The van der Waals surface area contributed by atoms with E-state index in [1.54, 1.807) is 0 Å². The number of nitrogens with zero attached hydrogens (tertiary/aromatic N) is 1. The number of nitrogens with one attached hydrogen (secondary N) is 1. The highest BCUT2D eigenvalue weighted by Gasteiger charge is 2.49. The molecule has 33 heavy (non-hydrogen) atoms. The maximum absolute atomic E-state index is 12.7. The first-order chi connectivity index (χ1) is 15.9. The minimum Gasteiger partial charge on any atom is -0.480 e. The van der Waals surface area contributed by atoms with Gasteiger partial charge in [-0.3, -0.25) is 4.79 Å². The van der Waals surface area contributed by atoms with E-state index < -0.39 is 24.2 Å². The van der Waals surface area contributed by atoms with Crippen molar-refractivity contribution in [1.82, 2.24) is 10.2 Å². The third-order valence-electron chi connectivity index (χ3n) is 6.94. The lowest BCUT2D eigenvalue weighted by Crippen LogP contribution is -2.42. The number of carboxylic acid groups (broad SMARTS) is 1. The van der Waals surface area contributed by atoms with Crippen molar-refractivity contribution in [2.45, 2.75) is 30.9 Å². The predicted molar refractivity (Wildman–Crippen MR) is 118 cm³/mol. The topological polar surface area (TPSA) is 116 Å². The first-order valence-corrected chi connectivity index (χ1v) is 11.2. The molecule has 0 spiro atoms. The number of carboxylic acids is 1. The summed E-state index contributed by atoms with van der Waals surface area (Å²) in [6.07, 6.45) is -0.709. The monoisotopic (exact) mass is 450 g/mol. The van der Waals surface area contributed by atoms with Crippen molar-refractivity contribution in [3.05, 3.63) is 59.7 Å². The van der Waals surface area contributed by atoms with Crippen LogP contribution >= 0.6 is 0 Å². The van der Waals surface area contributed by atoms with Gasteiger partial charge in [0.1, 0.15) is 12.6 Å². The zero-order valence-corrected chi connectivity index (χ0v) is 18.0. The molecule has 5 rings (SSSR count). The number of fused-ring (bicyclic) bond motifs is 3. The number of carbonyl (C=O) groups excluding carboxylic acids is 2. The molecule has 1 aliphatic heterocycles. The Bertz CT molecular complexity index is 1060. The first kappa shape index (κ1) is 21.5.